The molecule has 0 atom stereocenters. The summed E-state index contributed by atoms with van der Waals surface area (Å²) in [6, 6.07) is 11.6. The molecule has 0 aliphatic rings. The third kappa shape index (κ3) is 3.30. The molecule has 0 aliphatic heterocycles. The molecule has 20 heavy (non-hydrogen) atoms. The summed E-state index contributed by atoms with van der Waals surface area (Å²) < 4.78 is 0.700. The third-order valence-corrected chi connectivity index (χ3v) is 3.00. The minimum Gasteiger partial charge on any atom is -0.374 e. The van der Waals surface area contributed by atoms with E-state index in [1.165, 1.54) is 18.2 Å². The number of hydrogen-bond acceptors (Lipinski definition) is 5. The highest BCUT2D eigenvalue weighted by molar-refractivity contribution is 9.10. The molecule has 1 heterocycles. The number of nitro benzene ring substituents is 1. The van der Waals surface area contributed by atoms with Crippen molar-refractivity contribution in [1.29, 1.82) is 5.26 Å². The second-order valence-corrected chi connectivity index (χ2v) is 4.72. The highest BCUT2D eigenvalue weighted by Crippen LogP contribution is 2.25. The zero-order chi connectivity index (χ0) is 14.5. The van der Waals surface area contributed by atoms with Gasteiger partial charge in [-0.2, -0.15) is 5.26 Å². The van der Waals surface area contributed by atoms with Crippen LogP contribution in [-0.4, -0.2) is 9.91 Å². The number of anilines is 1. The van der Waals surface area contributed by atoms with Crippen molar-refractivity contribution in [3.8, 4) is 6.07 Å². The van der Waals surface area contributed by atoms with Gasteiger partial charge in [0.2, 0.25) is 0 Å². The number of nitrogens with one attached hydrogen (secondary N) is 1. The summed E-state index contributed by atoms with van der Waals surface area (Å²) >= 11 is 3.26. The van der Waals surface area contributed by atoms with Crippen molar-refractivity contribution in [3.05, 3.63) is 62.4 Å². The van der Waals surface area contributed by atoms with Crippen LogP contribution in [-0.2, 0) is 6.54 Å². The zero-order valence-electron chi connectivity index (χ0n) is 10.2. The van der Waals surface area contributed by atoms with Crippen molar-refractivity contribution in [1.82, 2.24) is 4.98 Å². The van der Waals surface area contributed by atoms with Gasteiger partial charge >= 0.3 is 0 Å². The molecule has 0 aliphatic carbocycles. The number of hydrogen-bond donors (Lipinski definition) is 1. The Kier molecular flexibility index (Phi) is 4.27. The van der Waals surface area contributed by atoms with Crippen LogP contribution in [0.25, 0.3) is 0 Å². The number of nitro groups is 1. The third-order valence-electron chi connectivity index (χ3n) is 2.56. The highest BCUT2D eigenvalue weighted by atomic mass is 79.9. The second kappa shape index (κ2) is 6.12. The molecule has 0 amide bonds. The molecule has 0 radical (unpaired) electrons. The first-order valence-electron chi connectivity index (χ1n) is 5.64. The molecule has 1 N–H and O–H groups in total. The quantitative estimate of drug-likeness (QED) is 0.527. The number of halogens is 1. The van der Waals surface area contributed by atoms with Gasteiger partial charge in [0, 0.05) is 6.07 Å². The maximum absolute atomic E-state index is 11.0. The number of nitrogens with zero attached hydrogens (tertiary/aromatic N) is 3. The Morgan fingerprint density at radius 3 is 2.85 bits per heavy atom. The molecule has 100 valence electrons. The average Bonchev–Trinajstić information content (AvgIpc) is 2.45. The fraction of sp³-hybridized carbons (Fsp3) is 0.0769. The highest BCUT2D eigenvalue weighted by Gasteiger charge is 2.14. The Hall–Kier alpha value is -2.46. The van der Waals surface area contributed by atoms with Crippen LogP contribution in [0, 0.1) is 21.4 Å². The van der Waals surface area contributed by atoms with E-state index in [1.54, 1.807) is 6.07 Å². The van der Waals surface area contributed by atoms with E-state index in [-0.39, 0.29) is 11.3 Å². The molecule has 0 bridgehead atoms. The Morgan fingerprint density at radius 1 is 1.40 bits per heavy atom. The molecule has 6 nitrogen and oxygen atoms in total. The van der Waals surface area contributed by atoms with Gasteiger partial charge in [0.1, 0.15) is 10.3 Å². The zero-order valence-corrected chi connectivity index (χ0v) is 11.8. The van der Waals surface area contributed by atoms with E-state index in [4.69, 9.17) is 5.26 Å². The Balaban J connectivity index is 2.21. The second-order valence-electron chi connectivity index (χ2n) is 3.91. The molecule has 0 spiro atoms. The molecule has 0 fully saturated rings. The molecule has 2 aromatic rings. The van der Waals surface area contributed by atoms with Gasteiger partial charge in [-0.25, -0.2) is 4.98 Å². The van der Waals surface area contributed by atoms with E-state index >= 15 is 0 Å². The maximum Gasteiger partial charge on any atom is 0.293 e. The van der Waals surface area contributed by atoms with Gasteiger partial charge in [-0.3, -0.25) is 10.1 Å². The standard InChI is InChI=1S/C13H9BrN4O2/c14-13-3-1-2-10(17-13)8-16-11-5-4-9(7-15)6-12(11)18(19)20/h1-6,16H,8H2. The molecule has 7 heteroatoms. The van der Waals surface area contributed by atoms with Crippen LogP contribution in [0.15, 0.2) is 41.0 Å². The van der Waals surface area contributed by atoms with Crippen molar-refractivity contribution in [3.63, 3.8) is 0 Å². The van der Waals surface area contributed by atoms with Gasteiger partial charge in [-0.05, 0) is 40.2 Å². The summed E-state index contributed by atoms with van der Waals surface area (Å²) in [7, 11) is 0. The van der Waals surface area contributed by atoms with Gasteiger partial charge < -0.3 is 5.32 Å². The summed E-state index contributed by atoms with van der Waals surface area (Å²) in [6.45, 7) is 0.353. The van der Waals surface area contributed by atoms with Crippen molar-refractivity contribution in [2.45, 2.75) is 6.54 Å². The van der Waals surface area contributed by atoms with Crippen molar-refractivity contribution in [2.75, 3.05) is 5.32 Å². The maximum atomic E-state index is 11.0. The predicted molar refractivity (Wildman–Crippen MR) is 77.1 cm³/mol. The molecule has 0 unspecified atom stereocenters. The first kappa shape index (κ1) is 14.0. The van der Waals surface area contributed by atoms with Gasteiger partial charge in [-0.1, -0.05) is 6.07 Å². The minimum absolute atomic E-state index is 0.126. The number of nitriles is 1. The van der Waals surface area contributed by atoms with Gasteiger partial charge in [-0.15, -0.1) is 0 Å². The van der Waals surface area contributed by atoms with Gasteiger partial charge in [0.25, 0.3) is 5.69 Å². The SMILES string of the molecule is N#Cc1ccc(NCc2cccc(Br)n2)c([N+](=O)[O-])c1. The van der Waals surface area contributed by atoms with E-state index in [9.17, 15) is 10.1 Å². The van der Waals surface area contributed by atoms with Crippen LogP contribution in [0.3, 0.4) is 0 Å². The van der Waals surface area contributed by atoms with Crippen LogP contribution < -0.4 is 5.32 Å². The Bertz CT molecular complexity index is 697. The molecule has 1 aromatic heterocycles. The number of rotatable bonds is 4. The molecular weight excluding hydrogens is 324 g/mol. The van der Waals surface area contributed by atoms with Crippen LogP contribution in [0.5, 0.6) is 0 Å². The van der Waals surface area contributed by atoms with Gasteiger partial charge in [0.05, 0.1) is 28.8 Å². The lowest BCUT2D eigenvalue weighted by Crippen LogP contribution is -2.04. The number of benzene rings is 1. The van der Waals surface area contributed by atoms with Crippen LogP contribution in [0.1, 0.15) is 11.3 Å². The van der Waals surface area contributed by atoms with Crippen LogP contribution in [0.4, 0.5) is 11.4 Å². The molecule has 2 rings (SSSR count). The molecule has 0 saturated heterocycles. The van der Waals surface area contributed by atoms with E-state index in [2.05, 4.69) is 26.2 Å². The smallest absolute Gasteiger partial charge is 0.293 e. The lowest BCUT2D eigenvalue weighted by molar-refractivity contribution is -0.384. The fourth-order valence-electron chi connectivity index (χ4n) is 1.64. The summed E-state index contributed by atoms with van der Waals surface area (Å²) in [6.07, 6.45) is 0. The van der Waals surface area contributed by atoms with E-state index in [0.717, 1.165) is 5.69 Å². The lowest BCUT2D eigenvalue weighted by atomic mass is 10.2. The number of pyridine rings is 1. The topological polar surface area (TPSA) is 91.8 Å². The fourth-order valence-corrected chi connectivity index (χ4v) is 2.02. The summed E-state index contributed by atoms with van der Waals surface area (Å²) in [5.74, 6) is 0. The van der Waals surface area contributed by atoms with E-state index < -0.39 is 4.92 Å². The number of aromatic nitrogens is 1. The van der Waals surface area contributed by atoms with E-state index in [1.807, 2.05) is 18.2 Å². The van der Waals surface area contributed by atoms with Crippen LogP contribution >= 0.6 is 15.9 Å². The summed E-state index contributed by atoms with van der Waals surface area (Å²) in [4.78, 5) is 14.7. The Morgan fingerprint density at radius 2 is 2.20 bits per heavy atom. The van der Waals surface area contributed by atoms with Crippen LogP contribution in [0.2, 0.25) is 0 Å². The van der Waals surface area contributed by atoms with E-state index in [0.29, 0.717) is 16.8 Å². The first-order valence-corrected chi connectivity index (χ1v) is 6.43. The first-order chi connectivity index (χ1) is 9.60. The minimum atomic E-state index is -0.516. The van der Waals surface area contributed by atoms with Crippen molar-refractivity contribution >= 4 is 27.3 Å². The van der Waals surface area contributed by atoms with Crippen molar-refractivity contribution in [2.24, 2.45) is 0 Å². The summed E-state index contributed by atoms with van der Waals surface area (Å²) in [5.41, 5.74) is 1.23. The normalized spacial score (nSPS) is 9.80. The predicted octanol–water partition coefficient (Wildman–Crippen LogP) is 3.24. The largest absolute Gasteiger partial charge is 0.374 e. The molecule has 0 saturated carbocycles. The summed E-state index contributed by atoms with van der Waals surface area (Å²) in [5, 5.41) is 22.7. The lowest BCUT2D eigenvalue weighted by Gasteiger charge is -2.07. The van der Waals surface area contributed by atoms with Gasteiger partial charge in [0.15, 0.2) is 0 Å². The Labute approximate surface area is 123 Å². The monoisotopic (exact) mass is 332 g/mol. The molecule has 1 aromatic carbocycles. The average molecular weight is 333 g/mol. The van der Waals surface area contributed by atoms with Crippen molar-refractivity contribution < 1.29 is 4.92 Å². The molecular formula is C13H9BrN4O2.